The van der Waals surface area contributed by atoms with Crippen LogP contribution in [0.15, 0.2) is 23.2 Å². The first-order chi connectivity index (χ1) is 11.5. The van der Waals surface area contributed by atoms with Crippen LogP contribution in [0.2, 0.25) is 5.02 Å². The minimum atomic E-state index is -0.412. The van der Waals surface area contributed by atoms with Gasteiger partial charge < -0.3 is 4.90 Å². The molecular formula is C17H21ClFN3OS. The van der Waals surface area contributed by atoms with Crippen LogP contribution in [0, 0.1) is 5.82 Å². The number of halogens is 2. The van der Waals surface area contributed by atoms with Crippen molar-refractivity contribution in [2.24, 2.45) is 4.99 Å². The number of aliphatic imine (C=N–C) groups is 1. The maximum Gasteiger partial charge on any atom is 0.225 e. The fourth-order valence-corrected chi connectivity index (χ4v) is 4.75. The van der Waals surface area contributed by atoms with Crippen LogP contribution >= 0.6 is 23.4 Å². The second-order valence-electron chi connectivity index (χ2n) is 6.24. The number of anilines is 1. The number of benzene rings is 1. The average Bonchev–Trinajstić information content (AvgIpc) is 3.14. The number of hydrogen-bond acceptors (Lipinski definition) is 3. The van der Waals surface area contributed by atoms with Crippen LogP contribution in [-0.4, -0.2) is 41.0 Å². The first kappa shape index (κ1) is 17.5. The lowest BCUT2D eigenvalue weighted by Crippen LogP contribution is -2.48. The van der Waals surface area contributed by atoms with Crippen LogP contribution < -0.4 is 4.90 Å². The van der Waals surface area contributed by atoms with E-state index in [9.17, 15) is 9.18 Å². The van der Waals surface area contributed by atoms with Gasteiger partial charge in [0.05, 0.1) is 16.8 Å². The molecule has 1 saturated heterocycles. The summed E-state index contributed by atoms with van der Waals surface area (Å²) in [5.74, 6) is 0.183. The zero-order valence-electron chi connectivity index (χ0n) is 13.8. The van der Waals surface area contributed by atoms with E-state index in [1.54, 1.807) is 22.7 Å². The van der Waals surface area contributed by atoms with E-state index in [2.05, 4.69) is 0 Å². The summed E-state index contributed by atoms with van der Waals surface area (Å²) < 4.78 is 13.3. The van der Waals surface area contributed by atoms with Crippen LogP contribution in [0.25, 0.3) is 0 Å². The summed E-state index contributed by atoms with van der Waals surface area (Å²) in [4.78, 5) is 20.8. The molecule has 2 aliphatic rings. The van der Waals surface area contributed by atoms with Crippen LogP contribution in [-0.2, 0) is 4.79 Å². The Balaban J connectivity index is 1.85. The fraction of sp³-hybridized carbons (Fsp3) is 0.529. The molecule has 24 heavy (non-hydrogen) atoms. The molecule has 2 fully saturated rings. The Bertz CT molecular complexity index is 663. The largest absolute Gasteiger partial charge is 0.333 e. The minimum absolute atomic E-state index is 0.122. The molecule has 0 radical (unpaired) electrons. The highest BCUT2D eigenvalue weighted by atomic mass is 35.5. The topological polar surface area (TPSA) is 35.9 Å². The summed E-state index contributed by atoms with van der Waals surface area (Å²) in [6.45, 7) is 1.50. The Morgan fingerprint density at radius 3 is 2.75 bits per heavy atom. The molecule has 0 N–H and O–H groups in total. The van der Waals surface area contributed by atoms with Gasteiger partial charge in [-0.25, -0.2) is 4.39 Å². The van der Waals surface area contributed by atoms with Gasteiger partial charge in [-0.2, -0.15) is 0 Å². The van der Waals surface area contributed by atoms with E-state index >= 15 is 0 Å². The zero-order chi connectivity index (χ0) is 17.3. The molecule has 1 aromatic rings. The Hall–Kier alpha value is -1.27. The van der Waals surface area contributed by atoms with Crippen molar-refractivity contribution in [1.82, 2.24) is 4.90 Å². The van der Waals surface area contributed by atoms with Gasteiger partial charge in [0.25, 0.3) is 0 Å². The number of thioether (sulfide) groups is 1. The Morgan fingerprint density at radius 2 is 2.12 bits per heavy atom. The summed E-state index contributed by atoms with van der Waals surface area (Å²) in [6, 6.07) is 4.52. The van der Waals surface area contributed by atoms with Crippen LogP contribution in [0.1, 0.15) is 32.6 Å². The number of carbonyl (C=O) groups excluding carboxylic acids is 1. The molecule has 1 aliphatic heterocycles. The third kappa shape index (κ3) is 3.54. The molecule has 4 nitrogen and oxygen atoms in total. The molecule has 1 amide bonds. The van der Waals surface area contributed by atoms with E-state index in [1.807, 2.05) is 11.9 Å². The lowest BCUT2D eigenvalue weighted by atomic mass is 10.2. The van der Waals surface area contributed by atoms with Crippen molar-refractivity contribution in [3.63, 3.8) is 0 Å². The van der Waals surface area contributed by atoms with Crippen molar-refractivity contribution in [2.75, 3.05) is 17.7 Å². The minimum Gasteiger partial charge on any atom is -0.333 e. The second kappa shape index (κ2) is 7.31. The zero-order valence-corrected chi connectivity index (χ0v) is 15.4. The van der Waals surface area contributed by atoms with Crippen molar-refractivity contribution in [3.8, 4) is 0 Å². The molecule has 0 aromatic heterocycles. The molecule has 3 rings (SSSR count). The molecule has 130 valence electrons. The highest BCUT2D eigenvalue weighted by molar-refractivity contribution is 8.14. The van der Waals surface area contributed by atoms with Crippen molar-refractivity contribution in [1.29, 1.82) is 0 Å². The van der Waals surface area contributed by atoms with Crippen LogP contribution in [0.3, 0.4) is 0 Å². The highest BCUT2D eigenvalue weighted by Crippen LogP contribution is 2.34. The van der Waals surface area contributed by atoms with E-state index in [4.69, 9.17) is 16.6 Å². The normalized spacial score (nSPS) is 23.2. The molecule has 0 bridgehead atoms. The number of hydrogen-bond donors (Lipinski definition) is 0. The predicted molar refractivity (Wildman–Crippen MR) is 98.3 cm³/mol. The smallest absolute Gasteiger partial charge is 0.225 e. The van der Waals surface area contributed by atoms with E-state index < -0.39 is 5.82 Å². The number of nitrogens with zero attached hydrogens (tertiary/aromatic N) is 3. The van der Waals surface area contributed by atoms with Gasteiger partial charge >= 0.3 is 0 Å². The summed E-state index contributed by atoms with van der Waals surface area (Å²) in [5.41, 5.74) is 0.533. The van der Waals surface area contributed by atoms with Crippen molar-refractivity contribution >= 4 is 40.1 Å². The van der Waals surface area contributed by atoms with Gasteiger partial charge in [-0.1, -0.05) is 36.2 Å². The van der Waals surface area contributed by atoms with E-state index in [0.29, 0.717) is 11.7 Å². The Labute approximate surface area is 151 Å². The van der Waals surface area contributed by atoms with Gasteiger partial charge in [-0.05, 0) is 31.0 Å². The van der Waals surface area contributed by atoms with E-state index in [-0.39, 0.29) is 17.1 Å². The summed E-state index contributed by atoms with van der Waals surface area (Å²) >= 11 is 7.84. The first-order valence-corrected chi connectivity index (χ1v) is 9.52. The molecule has 1 saturated carbocycles. The van der Waals surface area contributed by atoms with Gasteiger partial charge in [0, 0.05) is 19.7 Å². The number of carbonyl (C=O) groups is 1. The van der Waals surface area contributed by atoms with Crippen molar-refractivity contribution in [3.05, 3.63) is 29.0 Å². The number of amides is 1. The first-order valence-electron chi connectivity index (χ1n) is 8.15. The fourth-order valence-electron chi connectivity index (χ4n) is 3.27. The molecule has 1 unspecified atom stereocenters. The molecule has 1 atom stereocenters. The monoisotopic (exact) mass is 369 g/mol. The van der Waals surface area contributed by atoms with Crippen LogP contribution in [0.4, 0.5) is 10.1 Å². The maximum absolute atomic E-state index is 13.3. The maximum atomic E-state index is 13.3. The lowest BCUT2D eigenvalue weighted by Gasteiger charge is -2.33. The van der Waals surface area contributed by atoms with E-state index in [1.165, 1.54) is 31.9 Å². The van der Waals surface area contributed by atoms with Gasteiger partial charge in [-0.15, -0.1) is 0 Å². The lowest BCUT2D eigenvalue weighted by molar-refractivity contribution is -0.117. The average molecular weight is 370 g/mol. The van der Waals surface area contributed by atoms with Gasteiger partial charge in [-0.3, -0.25) is 14.7 Å². The Morgan fingerprint density at radius 1 is 1.42 bits per heavy atom. The standard InChI is InChI=1S/C17H21ClFN3OS/c1-11(23)22(15-8-7-12(19)9-14(15)18)16-10-24-17(21(16)2)20-13-5-3-4-6-13/h7-9,13,16H,3-6,10H2,1-2H3. The van der Waals surface area contributed by atoms with Gasteiger partial charge in [0.1, 0.15) is 12.0 Å². The highest BCUT2D eigenvalue weighted by Gasteiger charge is 2.35. The van der Waals surface area contributed by atoms with Crippen molar-refractivity contribution < 1.29 is 9.18 Å². The van der Waals surface area contributed by atoms with E-state index in [0.717, 1.165) is 23.8 Å². The molecule has 1 aromatic carbocycles. The summed E-state index contributed by atoms with van der Waals surface area (Å²) in [7, 11) is 1.95. The number of amidine groups is 1. The third-order valence-electron chi connectivity index (χ3n) is 4.53. The summed E-state index contributed by atoms with van der Waals surface area (Å²) in [6.07, 6.45) is 4.59. The molecule has 1 aliphatic carbocycles. The van der Waals surface area contributed by atoms with Gasteiger partial charge in [0.15, 0.2) is 5.17 Å². The predicted octanol–water partition coefficient (Wildman–Crippen LogP) is 4.14. The van der Waals surface area contributed by atoms with Crippen LogP contribution in [0.5, 0.6) is 0 Å². The second-order valence-corrected chi connectivity index (χ2v) is 7.63. The molecule has 1 heterocycles. The quantitative estimate of drug-likeness (QED) is 0.803. The Kier molecular flexibility index (Phi) is 5.35. The SMILES string of the molecule is CC(=O)N(c1ccc(F)cc1Cl)C1CSC(=NC2CCCC2)N1C. The molecule has 0 spiro atoms. The third-order valence-corrected chi connectivity index (χ3v) is 5.95. The molecule has 7 heteroatoms. The van der Waals surface area contributed by atoms with Crippen molar-refractivity contribution in [2.45, 2.75) is 44.8 Å². The van der Waals surface area contributed by atoms with Gasteiger partial charge in [0.2, 0.25) is 5.91 Å². The molecular weight excluding hydrogens is 349 g/mol. The number of rotatable bonds is 3. The summed E-state index contributed by atoms with van der Waals surface area (Å²) in [5, 5.41) is 1.21.